The van der Waals surface area contributed by atoms with E-state index in [9.17, 15) is 17.6 Å². The van der Waals surface area contributed by atoms with Gasteiger partial charge in [-0.1, -0.05) is 12.1 Å². The molecule has 0 spiro atoms. The first-order valence-corrected chi connectivity index (χ1v) is 12.4. The quantitative estimate of drug-likeness (QED) is 0.441. The van der Waals surface area contributed by atoms with Crippen molar-refractivity contribution in [2.45, 2.75) is 18.4 Å². The van der Waals surface area contributed by atoms with Crippen molar-refractivity contribution in [2.24, 2.45) is 0 Å². The zero-order valence-corrected chi connectivity index (χ0v) is 18.7. The highest BCUT2D eigenvalue weighted by atomic mass is 32.2. The number of hydrogen-bond acceptors (Lipinski definition) is 7. The molecular formula is C20H17FN4O3S3. The van der Waals surface area contributed by atoms with Gasteiger partial charge in [-0.05, 0) is 42.6 Å². The molecule has 0 aliphatic heterocycles. The molecule has 0 radical (unpaired) electrons. The van der Waals surface area contributed by atoms with Crippen LogP contribution in [0.3, 0.4) is 0 Å². The van der Waals surface area contributed by atoms with Crippen LogP contribution in [0.1, 0.15) is 5.69 Å². The number of nitrogens with one attached hydrogen (secondary N) is 1. The zero-order chi connectivity index (χ0) is 22.0. The molecule has 0 bridgehead atoms. The second-order valence-corrected chi connectivity index (χ2v) is 10.3. The molecule has 11 heteroatoms. The Bertz CT molecular complexity index is 1380. The van der Waals surface area contributed by atoms with E-state index < -0.39 is 15.8 Å². The maximum Gasteiger partial charge on any atom is 0.266 e. The van der Waals surface area contributed by atoms with Gasteiger partial charge in [0.2, 0.25) is 10.0 Å². The van der Waals surface area contributed by atoms with Crippen LogP contribution in [0.4, 0.5) is 4.39 Å². The molecule has 31 heavy (non-hydrogen) atoms. The monoisotopic (exact) mass is 476 g/mol. The number of halogens is 1. The molecule has 4 aromatic rings. The Hall–Kier alpha value is -2.73. The van der Waals surface area contributed by atoms with Crippen molar-refractivity contribution in [1.29, 1.82) is 0 Å². The van der Waals surface area contributed by atoms with Gasteiger partial charge in [0, 0.05) is 12.6 Å². The summed E-state index contributed by atoms with van der Waals surface area (Å²) in [5.74, 6) is -0.643. The minimum absolute atomic E-state index is 0.0247. The summed E-state index contributed by atoms with van der Waals surface area (Å²) >= 11 is 3.08. The number of aryl methyl sites for hydroxylation is 1. The summed E-state index contributed by atoms with van der Waals surface area (Å²) in [7, 11) is -3.90. The number of hydrogen-bond donors (Lipinski definition) is 1. The highest BCUT2D eigenvalue weighted by Gasteiger charge is 2.16. The minimum Gasteiger partial charge on any atom is -0.268 e. The fourth-order valence-corrected chi connectivity index (χ4v) is 5.75. The third-order valence-corrected chi connectivity index (χ3v) is 8.03. The van der Waals surface area contributed by atoms with Crippen LogP contribution in [0.2, 0.25) is 0 Å². The lowest BCUT2D eigenvalue weighted by Gasteiger charge is -2.09. The molecule has 0 unspecified atom stereocenters. The van der Waals surface area contributed by atoms with Crippen LogP contribution in [0, 0.1) is 12.7 Å². The van der Waals surface area contributed by atoms with E-state index in [1.54, 1.807) is 17.4 Å². The summed E-state index contributed by atoms with van der Waals surface area (Å²) in [5.41, 5.74) is 1.04. The van der Waals surface area contributed by atoms with E-state index in [2.05, 4.69) is 14.8 Å². The van der Waals surface area contributed by atoms with E-state index in [1.807, 2.05) is 24.4 Å². The first kappa shape index (κ1) is 21.5. The van der Waals surface area contributed by atoms with Gasteiger partial charge in [0.25, 0.3) is 5.56 Å². The topological polar surface area (TPSA) is 94.0 Å². The van der Waals surface area contributed by atoms with Gasteiger partial charge in [-0.15, -0.1) is 22.7 Å². The van der Waals surface area contributed by atoms with Gasteiger partial charge in [0.15, 0.2) is 0 Å². The van der Waals surface area contributed by atoms with E-state index in [-0.39, 0.29) is 23.5 Å². The van der Waals surface area contributed by atoms with Gasteiger partial charge in [0.05, 0.1) is 26.9 Å². The maximum absolute atomic E-state index is 13.3. The van der Waals surface area contributed by atoms with Crippen LogP contribution in [-0.2, 0) is 16.6 Å². The lowest BCUT2D eigenvalue weighted by Crippen LogP contribution is -2.32. The Morgan fingerprint density at radius 3 is 2.74 bits per heavy atom. The molecule has 3 heterocycles. The molecule has 160 valence electrons. The third-order valence-electron chi connectivity index (χ3n) is 4.35. The van der Waals surface area contributed by atoms with Crippen molar-refractivity contribution in [1.82, 2.24) is 19.5 Å². The summed E-state index contributed by atoms with van der Waals surface area (Å²) in [6.07, 6.45) is 0. The van der Waals surface area contributed by atoms with Crippen LogP contribution in [0.25, 0.3) is 20.5 Å². The Morgan fingerprint density at radius 1 is 1.16 bits per heavy atom. The second-order valence-electron chi connectivity index (χ2n) is 6.55. The fourth-order valence-electron chi connectivity index (χ4n) is 2.87. The SMILES string of the molecule is Cc1nc(-c2cccs2)sc1-c1ccc(=O)n(CCNS(=O)(=O)c2cccc(F)c2)n1. The van der Waals surface area contributed by atoms with E-state index in [0.717, 1.165) is 26.5 Å². The lowest BCUT2D eigenvalue weighted by molar-refractivity contribution is 0.547. The number of sulfonamides is 1. The average molecular weight is 477 g/mol. The smallest absolute Gasteiger partial charge is 0.266 e. The molecule has 1 N–H and O–H groups in total. The van der Waals surface area contributed by atoms with Crippen LogP contribution >= 0.6 is 22.7 Å². The Kier molecular flexibility index (Phi) is 6.10. The predicted molar refractivity (Wildman–Crippen MR) is 119 cm³/mol. The van der Waals surface area contributed by atoms with Crippen LogP contribution in [0.15, 0.2) is 63.6 Å². The first-order chi connectivity index (χ1) is 14.8. The van der Waals surface area contributed by atoms with Gasteiger partial charge in [-0.3, -0.25) is 4.79 Å². The van der Waals surface area contributed by atoms with Gasteiger partial charge in [-0.2, -0.15) is 5.10 Å². The molecular weight excluding hydrogens is 459 g/mol. The van der Waals surface area contributed by atoms with Crippen LogP contribution in [-0.4, -0.2) is 29.7 Å². The third kappa shape index (κ3) is 4.79. The van der Waals surface area contributed by atoms with E-state index >= 15 is 0 Å². The molecule has 0 saturated heterocycles. The number of rotatable bonds is 7. The maximum atomic E-state index is 13.3. The molecule has 0 aliphatic carbocycles. The summed E-state index contributed by atoms with van der Waals surface area (Å²) in [5, 5.41) is 7.25. The van der Waals surface area contributed by atoms with Crippen molar-refractivity contribution in [2.75, 3.05) is 6.54 Å². The summed E-state index contributed by atoms with van der Waals surface area (Å²) < 4.78 is 41.5. The standard InChI is InChI=1S/C20H17FN4O3S3/c1-13-19(30-20(23-13)17-6-3-11-29-17)16-7-8-18(26)25(24-16)10-9-22-31(27,28)15-5-2-4-14(21)12-15/h2-8,11-12,22H,9-10H2,1H3. The molecule has 0 amide bonds. The zero-order valence-electron chi connectivity index (χ0n) is 16.3. The van der Waals surface area contributed by atoms with Crippen molar-refractivity contribution in [3.8, 4) is 20.5 Å². The van der Waals surface area contributed by atoms with E-state index in [0.29, 0.717) is 5.69 Å². The van der Waals surface area contributed by atoms with Crippen molar-refractivity contribution >= 4 is 32.7 Å². The Morgan fingerprint density at radius 2 is 2.00 bits per heavy atom. The van der Waals surface area contributed by atoms with Crippen molar-refractivity contribution < 1.29 is 12.8 Å². The van der Waals surface area contributed by atoms with Crippen molar-refractivity contribution in [3.63, 3.8) is 0 Å². The number of aromatic nitrogens is 3. The summed E-state index contributed by atoms with van der Waals surface area (Å²) in [6.45, 7) is 1.83. The number of nitrogens with zero attached hydrogens (tertiary/aromatic N) is 3. The molecule has 7 nitrogen and oxygen atoms in total. The van der Waals surface area contributed by atoms with Gasteiger partial charge < -0.3 is 0 Å². The molecule has 0 fully saturated rings. The van der Waals surface area contributed by atoms with Crippen LogP contribution in [0.5, 0.6) is 0 Å². The Labute approximate surface area is 185 Å². The molecule has 0 atom stereocenters. The normalized spacial score (nSPS) is 11.7. The highest BCUT2D eigenvalue weighted by Crippen LogP contribution is 2.35. The lowest BCUT2D eigenvalue weighted by atomic mass is 10.3. The van der Waals surface area contributed by atoms with Gasteiger partial charge >= 0.3 is 0 Å². The van der Waals surface area contributed by atoms with E-state index in [4.69, 9.17) is 0 Å². The highest BCUT2D eigenvalue weighted by molar-refractivity contribution is 7.89. The summed E-state index contributed by atoms with van der Waals surface area (Å²) in [6, 6.07) is 11.7. The number of thiazole rings is 1. The first-order valence-electron chi connectivity index (χ1n) is 9.18. The fraction of sp³-hybridized carbons (Fsp3) is 0.150. The largest absolute Gasteiger partial charge is 0.268 e. The molecule has 4 rings (SSSR count). The predicted octanol–water partition coefficient (Wildman–Crippen LogP) is 3.52. The van der Waals surface area contributed by atoms with Gasteiger partial charge in [-0.25, -0.2) is 27.2 Å². The summed E-state index contributed by atoms with van der Waals surface area (Å²) in [4.78, 5) is 18.5. The van der Waals surface area contributed by atoms with Crippen molar-refractivity contribution in [3.05, 3.63) is 75.8 Å². The minimum atomic E-state index is -3.90. The molecule has 3 aromatic heterocycles. The molecule has 1 aromatic carbocycles. The molecule has 0 aliphatic rings. The van der Waals surface area contributed by atoms with E-state index in [1.165, 1.54) is 40.3 Å². The second kappa shape index (κ2) is 8.79. The number of thiophene rings is 1. The Balaban J connectivity index is 1.52. The van der Waals surface area contributed by atoms with Gasteiger partial charge in [0.1, 0.15) is 16.5 Å². The average Bonchev–Trinajstić information content (AvgIpc) is 3.39. The molecule has 0 saturated carbocycles. The number of benzene rings is 1. The van der Waals surface area contributed by atoms with Crippen LogP contribution < -0.4 is 10.3 Å².